The van der Waals surface area contributed by atoms with Crippen molar-refractivity contribution in [3.8, 4) is 17.1 Å². The van der Waals surface area contributed by atoms with Crippen LogP contribution < -0.4 is 15.5 Å². The summed E-state index contributed by atoms with van der Waals surface area (Å²) in [5.41, 5.74) is 2.36. The number of fused-ring (bicyclic) bond motifs is 5. The number of nitrogens with zero attached hydrogens (tertiary/aromatic N) is 2. The minimum absolute atomic E-state index is 0.0601. The molecule has 39 heavy (non-hydrogen) atoms. The molecule has 2 aromatic heterocycles. The summed E-state index contributed by atoms with van der Waals surface area (Å²) in [5, 5.41) is 13.0. The number of nitrogens with one attached hydrogen (secondary N) is 1. The monoisotopic (exact) mass is 535 g/mol. The van der Waals surface area contributed by atoms with Gasteiger partial charge in [0.15, 0.2) is 6.79 Å². The largest absolute Gasteiger partial charge is 0.468 e. The molecule has 0 unspecified atom stereocenters. The van der Waals surface area contributed by atoms with Gasteiger partial charge < -0.3 is 33.8 Å². The second-order valence-corrected chi connectivity index (χ2v) is 9.60. The van der Waals surface area contributed by atoms with E-state index in [1.54, 1.807) is 24.7 Å². The highest BCUT2D eigenvalue weighted by atomic mass is 16.7. The second-order valence-electron chi connectivity index (χ2n) is 9.60. The summed E-state index contributed by atoms with van der Waals surface area (Å²) in [4.78, 5) is 44.5. The summed E-state index contributed by atoms with van der Waals surface area (Å²) in [6.07, 6.45) is 0.760. The van der Waals surface area contributed by atoms with Crippen molar-refractivity contribution in [2.75, 3.05) is 20.4 Å². The van der Waals surface area contributed by atoms with Crippen molar-refractivity contribution in [1.29, 1.82) is 0 Å². The normalized spacial score (nSPS) is 17.3. The van der Waals surface area contributed by atoms with Crippen molar-refractivity contribution in [3.05, 3.63) is 56.9 Å². The number of ether oxygens (including phenoxy) is 4. The van der Waals surface area contributed by atoms with Gasteiger partial charge in [-0.15, -0.1) is 0 Å². The van der Waals surface area contributed by atoms with E-state index in [9.17, 15) is 19.4 Å². The van der Waals surface area contributed by atoms with Gasteiger partial charge in [0.1, 0.15) is 12.4 Å². The van der Waals surface area contributed by atoms with Crippen molar-refractivity contribution in [2.45, 2.75) is 52.3 Å². The van der Waals surface area contributed by atoms with Crippen LogP contribution in [0.4, 0.5) is 0 Å². The maximum absolute atomic E-state index is 13.8. The Morgan fingerprint density at radius 1 is 1.26 bits per heavy atom. The molecule has 11 nitrogen and oxygen atoms in total. The number of pyridine rings is 2. The van der Waals surface area contributed by atoms with Gasteiger partial charge in [-0.2, -0.15) is 0 Å². The third kappa shape index (κ3) is 4.48. The number of methoxy groups -OCH3 is 1. The predicted octanol–water partition coefficient (Wildman–Crippen LogP) is 1.88. The number of carbonyl (C=O) groups is 2. The van der Waals surface area contributed by atoms with Crippen molar-refractivity contribution >= 4 is 29.9 Å². The number of aromatic nitrogens is 2. The maximum atomic E-state index is 13.8. The Bertz CT molecular complexity index is 1540. The summed E-state index contributed by atoms with van der Waals surface area (Å²) in [7, 11) is 0.613. The molecule has 0 radical (unpaired) electrons. The van der Waals surface area contributed by atoms with Crippen LogP contribution >= 0.6 is 0 Å². The van der Waals surface area contributed by atoms with Gasteiger partial charge in [0.05, 0.1) is 35.6 Å². The Labute approximate surface area is 225 Å². The maximum Gasteiger partial charge on any atom is 0.374 e. The lowest BCUT2D eigenvalue weighted by Crippen LogP contribution is -2.49. The SMILES string of the molecule is CCc1c2c(nc3ccc(OCOC)cc13)-c1cc3c(c(=O)n1C2)COC(=O)[C@@]3(CC)OC(=O)CNB(C)O. The Balaban J connectivity index is 1.65. The van der Waals surface area contributed by atoms with E-state index < -0.39 is 24.6 Å². The van der Waals surface area contributed by atoms with Crippen LogP contribution in [0.2, 0.25) is 6.82 Å². The van der Waals surface area contributed by atoms with Crippen LogP contribution in [0.5, 0.6) is 5.75 Å². The Morgan fingerprint density at radius 3 is 2.74 bits per heavy atom. The van der Waals surface area contributed by atoms with E-state index in [-0.39, 0.29) is 37.5 Å². The minimum Gasteiger partial charge on any atom is -0.468 e. The molecule has 4 heterocycles. The van der Waals surface area contributed by atoms with Gasteiger partial charge in [0, 0.05) is 23.6 Å². The van der Waals surface area contributed by atoms with Crippen molar-refractivity contribution in [2.24, 2.45) is 0 Å². The smallest absolute Gasteiger partial charge is 0.374 e. The first-order valence-electron chi connectivity index (χ1n) is 12.9. The molecular formula is C27H30BN3O8. The molecule has 12 heteroatoms. The lowest BCUT2D eigenvalue weighted by atomic mass is 9.85. The molecule has 0 amide bonds. The number of esters is 2. The fraction of sp³-hybridized carbons (Fsp3) is 0.407. The molecule has 0 fully saturated rings. The highest BCUT2D eigenvalue weighted by molar-refractivity contribution is 6.45. The summed E-state index contributed by atoms with van der Waals surface area (Å²) < 4.78 is 23.3. The quantitative estimate of drug-likeness (QED) is 0.186. The van der Waals surface area contributed by atoms with E-state index in [1.807, 2.05) is 25.1 Å². The first kappa shape index (κ1) is 26.9. The van der Waals surface area contributed by atoms with Crippen LogP contribution in [0.15, 0.2) is 29.1 Å². The molecule has 3 aromatic rings. The molecular weight excluding hydrogens is 505 g/mol. The molecule has 0 bridgehead atoms. The van der Waals surface area contributed by atoms with Gasteiger partial charge in [-0.05, 0) is 49.5 Å². The molecule has 2 N–H and O–H groups in total. The van der Waals surface area contributed by atoms with E-state index >= 15 is 0 Å². The van der Waals surface area contributed by atoms with E-state index in [0.29, 0.717) is 35.7 Å². The van der Waals surface area contributed by atoms with Crippen LogP contribution in [0.1, 0.15) is 42.5 Å². The van der Waals surface area contributed by atoms with Gasteiger partial charge in [-0.25, -0.2) is 9.78 Å². The predicted molar refractivity (Wildman–Crippen MR) is 142 cm³/mol. The number of cyclic esters (lactones) is 1. The first-order valence-corrected chi connectivity index (χ1v) is 12.9. The number of hydrogen-bond acceptors (Lipinski definition) is 10. The van der Waals surface area contributed by atoms with Crippen molar-refractivity contribution in [1.82, 2.24) is 14.8 Å². The van der Waals surface area contributed by atoms with E-state index in [1.165, 1.54) is 6.82 Å². The highest BCUT2D eigenvalue weighted by Crippen LogP contribution is 2.42. The van der Waals surface area contributed by atoms with Gasteiger partial charge in [0.25, 0.3) is 5.56 Å². The minimum atomic E-state index is -1.79. The number of carbonyl (C=O) groups excluding carboxylic acids is 2. The number of benzene rings is 1. The number of aryl methyl sites for hydroxylation is 1. The second kappa shape index (κ2) is 10.4. The fourth-order valence-corrected chi connectivity index (χ4v) is 5.38. The van der Waals surface area contributed by atoms with Gasteiger partial charge in [-0.3, -0.25) is 9.59 Å². The average molecular weight is 535 g/mol. The fourth-order valence-electron chi connectivity index (χ4n) is 5.38. The van der Waals surface area contributed by atoms with E-state index in [0.717, 1.165) is 22.0 Å². The third-order valence-corrected chi connectivity index (χ3v) is 7.27. The molecule has 0 spiro atoms. The summed E-state index contributed by atoms with van der Waals surface area (Å²) in [6.45, 7) is 5.10. The Kier molecular flexibility index (Phi) is 7.19. The lowest BCUT2D eigenvalue weighted by molar-refractivity contribution is -0.188. The molecule has 2 aliphatic heterocycles. The molecule has 1 atom stereocenters. The Hall–Kier alpha value is -3.74. The van der Waals surface area contributed by atoms with Crippen LogP contribution in [-0.2, 0) is 49.0 Å². The summed E-state index contributed by atoms with van der Waals surface area (Å²) in [6, 6.07) is 7.33. The zero-order valence-electron chi connectivity index (χ0n) is 22.3. The molecule has 204 valence electrons. The average Bonchev–Trinajstić information content (AvgIpc) is 3.29. The lowest BCUT2D eigenvalue weighted by Gasteiger charge is -2.35. The van der Waals surface area contributed by atoms with Crippen molar-refractivity contribution < 1.29 is 33.6 Å². The van der Waals surface area contributed by atoms with Crippen LogP contribution in [0.3, 0.4) is 0 Å². The molecule has 0 saturated carbocycles. The molecule has 0 aliphatic carbocycles. The number of hydrogen-bond donors (Lipinski definition) is 2. The summed E-state index contributed by atoms with van der Waals surface area (Å²) >= 11 is 0. The molecule has 0 saturated heterocycles. The first-order chi connectivity index (χ1) is 18.7. The van der Waals surface area contributed by atoms with E-state index in [2.05, 4.69) is 5.23 Å². The molecule has 1 aromatic carbocycles. The zero-order valence-corrected chi connectivity index (χ0v) is 22.3. The molecule has 5 rings (SSSR count). The van der Waals surface area contributed by atoms with Crippen LogP contribution in [-0.4, -0.2) is 54.0 Å². The van der Waals surface area contributed by atoms with Gasteiger partial charge >= 0.3 is 19.0 Å². The summed E-state index contributed by atoms with van der Waals surface area (Å²) in [5.74, 6) is -0.846. The topological polar surface area (TPSA) is 138 Å². The standard InChI is InChI=1S/C27H30BN3O8/c1-5-16-17-9-15(38-14-36-4)7-8-21(17)30-24-18(16)12-31-22(24)10-20-19(25(31)33)13-37-26(34)27(20,6-2)39-23(32)11-29-28(3)35/h7-10,29,35H,5-6,11-14H2,1-4H3/t27-/m0/s1. The molecule has 2 aliphatic rings. The van der Waals surface area contributed by atoms with Crippen LogP contribution in [0.25, 0.3) is 22.3 Å². The van der Waals surface area contributed by atoms with Gasteiger partial charge in [-0.1, -0.05) is 13.8 Å². The Morgan fingerprint density at radius 2 is 2.05 bits per heavy atom. The third-order valence-electron chi connectivity index (χ3n) is 7.27. The number of rotatable bonds is 9. The highest BCUT2D eigenvalue weighted by Gasteiger charge is 2.50. The zero-order chi connectivity index (χ0) is 27.9. The van der Waals surface area contributed by atoms with E-state index in [4.69, 9.17) is 23.9 Å². The van der Waals surface area contributed by atoms with Crippen LogP contribution in [0, 0.1) is 0 Å². The van der Waals surface area contributed by atoms with Gasteiger partial charge in [0.2, 0.25) is 5.60 Å². The van der Waals surface area contributed by atoms with Crippen molar-refractivity contribution in [3.63, 3.8) is 0 Å².